The third-order valence-corrected chi connectivity index (χ3v) is 5.02. The van der Waals surface area contributed by atoms with Gasteiger partial charge in [0.15, 0.2) is 0 Å². The van der Waals surface area contributed by atoms with Crippen molar-refractivity contribution in [2.75, 3.05) is 0 Å². The summed E-state index contributed by atoms with van der Waals surface area (Å²) in [4.78, 5) is 0. The number of rotatable bonds is 4. The molecule has 0 saturated heterocycles. The van der Waals surface area contributed by atoms with Gasteiger partial charge in [-0.3, -0.25) is 0 Å². The van der Waals surface area contributed by atoms with Crippen LogP contribution in [0.25, 0.3) is 0 Å². The van der Waals surface area contributed by atoms with Crippen molar-refractivity contribution in [1.29, 1.82) is 0 Å². The van der Waals surface area contributed by atoms with E-state index in [0.717, 1.165) is 31.2 Å². The maximum atomic E-state index is 6.12. The molecule has 0 aromatic heterocycles. The van der Waals surface area contributed by atoms with E-state index in [1.165, 1.54) is 0 Å². The highest BCUT2D eigenvalue weighted by atomic mass is 79.9. The number of benzene rings is 2. The molecule has 1 nitrogen and oxygen atoms in total. The highest BCUT2D eigenvalue weighted by Gasteiger charge is 2.10. The summed E-state index contributed by atoms with van der Waals surface area (Å²) in [6.45, 7) is 0.351. The normalized spacial score (nSPS) is 10.7. The molecule has 6 heteroatoms. The Morgan fingerprint density at radius 2 is 1.65 bits per heavy atom. The highest BCUT2D eigenvalue weighted by Crippen LogP contribution is 2.36. The van der Waals surface area contributed by atoms with Gasteiger partial charge >= 0.3 is 0 Å². The summed E-state index contributed by atoms with van der Waals surface area (Å²) >= 11 is 22.5. The van der Waals surface area contributed by atoms with Crippen LogP contribution in [0.4, 0.5) is 0 Å². The summed E-state index contributed by atoms with van der Waals surface area (Å²) in [5.41, 5.74) is 2.00. The van der Waals surface area contributed by atoms with Gasteiger partial charge in [-0.2, -0.15) is 0 Å². The minimum Gasteiger partial charge on any atom is -0.486 e. The predicted molar refractivity (Wildman–Crippen MR) is 95.3 cm³/mol. The molecule has 0 N–H and O–H groups in total. The molecule has 0 radical (unpaired) electrons. The molecule has 0 heterocycles. The first-order valence-corrected chi connectivity index (χ1v) is 9.08. The second-order valence-electron chi connectivity index (χ2n) is 4.05. The molecular formula is C14H9Br3Cl2O. The van der Waals surface area contributed by atoms with Crippen molar-refractivity contribution < 1.29 is 4.74 Å². The molecule has 0 spiro atoms. The van der Waals surface area contributed by atoms with Crippen LogP contribution in [0.15, 0.2) is 39.3 Å². The van der Waals surface area contributed by atoms with Gasteiger partial charge in [-0.05, 0) is 67.8 Å². The van der Waals surface area contributed by atoms with Crippen LogP contribution in [-0.4, -0.2) is 0 Å². The van der Waals surface area contributed by atoms with Gasteiger partial charge in [0.05, 0.1) is 8.95 Å². The van der Waals surface area contributed by atoms with Crippen molar-refractivity contribution >= 4 is 71.0 Å². The maximum absolute atomic E-state index is 6.12. The molecule has 0 bridgehead atoms. The Morgan fingerprint density at radius 1 is 1.00 bits per heavy atom. The zero-order valence-corrected chi connectivity index (χ0v) is 16.4. The van der Waals surface area contributed by atoms with Crippen molar-refractivity contribution in [2.45, 2.75) is 11.9 Å². The average molecular weight is 504 g/mol. The summed E-state index contributed by atoms with van der Waals surface area (Å²) in [6, 6.07) is 9.34. The van der Waals surface area contributed by atoms with Gasteiger partial charge in [-0.1, -0.05) is 39.1 Å². The molecule has 20 heavy (non-hydrogen) atoms. The standard InChI is InChI=1S/C14H9Br3Cl2O/c15-6-8-3-11(16)14(12(17)4-8)20-7-9-5-10(18)1-2-13(9)19/h1-5H,6-7H2. The quantitative estimate of drug-likeness (QED) is 0.409. The molecule has 0 aliphatic carbocycles. The first kappa shape index (κ1) is 16.6. The van der Waals surface area contributed by atoms with Crippen LogP contribution in [0.5, 0.6) is 5.75 Å². The van der Waals surface area contributed by atoms with Crippen LogP contribution in [-0.2, 0) is 11.9 Å². The molecule has 0 saturated carbocycles. The van der Waals surface area contributed by atoms with E-state index in [1.54, 1.807) is 18.2 Å². The molecule has 2 aromatic rings. The molecule has 0 amide bonds. The van der Waals surface area contributed by atoms with E-state index in [4.69, 9.17) is 27.9 Å². The first-order valence-electron chi connectivity index (χ1n) is 5.62. The summed E-state index contributed by atoms with van der Waals surface area (Å²) in [7, 11) is 0. The molecule has 106 valence electrons. The third kappa shape index (κ3) is 4.14. The van der Waals surface area contributed by atoms with Gasteiger partial charge in [0.1, 0.15) is 12.4 Å². The number of ether oxygens (including phenoxy) is 1. The van der Waals surface area contributed by atoms with Crippen molar-refractivity contribution in [3.63, 3.8) is 0 Å². The molecule has 2 aromatic carbocycles. The molecule has 0 aliphatic rings. The average Bonchev–Trinajstić information content (AvgIpc) is 2.41. The lowest BCUT2D eigenvalue weighted by Gasteiger charge is -2.12. The van der Waals surface area contributed by atoms with Crippen molar-refractivity contribution in [1.82, 2.24) is 0 Å². The molecule has 0 atom stereocenters. The second-order valence-corrected chi connectivity index (χ2v) is 7.16. The van der Waals surface area contributed by atoms with E-state index in [9.17, 15) is 0 Å². The van der Waals surface area contributed by atoms with E-state index in [2.05, 4.69) is 47.8 Å². The van der Waals surface area contributed by atoms with Crippen molar-refractivity contribution in [2.24, 2.45) is 0 Å². The van der Waals surface area contributed by atoms with Gasteiger partial charge in [-0.25, -0.2) is 0 Å². The van der Waals surface area contributed by atoms with E-state index < -0.39 is 0 Å². The van der Waals surface area contributed by atoms with Crippen LogP contribution in [0, 0.1) is 0 Å². The van der Waals surface area contributed by atoms with Gasteiger partial charge in [-0.15, -0.1) is 0 Å². The fraction of sp³-hybridized carbons (Fsp3) is 0.143. The number of hydrogen-bond acceptors (Lipinski definition) is 1. The zero-order chi connectivity index (χ0) is 14.7. The highest BCUT2D eigenvalue weighted by molar-refractivity contribution is 9.11. The van der Waals surface area contributed by atoms with Crippen LogP contribution in [0.3, 0.4) is 0 Å². The van der Waals surface area contributed by atoms with Crippen LogP contribution in [0.2, 0.25) is 10.0 Å². The largest absolute Gasteiger partial charge is 0.486 e. The lowest BCUT2D eigenvalue weighted by atomic mass is 10.2. The van der Waals surface area contributed by atoms with E-state index in [1.807, 2.05) is 12.1 Å². The number of alkyl halides is 1. The maximum Gasteiger partial charge on any atom is 0.148 e. The monoisotopic (exact) mass is 500 g/mol. The zero-order valence-electron chi connectivity index (χ0n) is 10.1. The second kappa shape index (κ2) is 7.50. The summed E-state index contributed by atoms with van der Waals surface area (Å²) < 4.78 is 7.61. The summed E-state index contributed by atoms with van der Waals surface area (Å²) in [5, 5.41) is 2.06. The lowest BCUT2D eigenvalue weighted by molar-refractivity contribution is 0.302. The Bertz CT molecular complexity index is 609. The topological polar surface area (TPSA) is 9.23 Å². The molecule has 0 unspecified atom stereocenters. The lowest BCUT2D eigenvalue weighted by Crippen LogP contribution is -1.98. The summed E-state index contributed by atoms with van der Waals surface area (Å²) in [6.07, 6.45) is 0. The van der Waals surface area contributed by atoms with Crippen molar-refractivity contribution in [3.05, 3.63) is 60.4 Å². The van der Waals surface area contributed by atoms with E-state index in [0.29, 0.717) is 16.7 Å². The Morgan fingerprint density at radius 3 is 2.25 bits per heavy atom. The van der Waals surface area contributed by atoms with Crippen LogP contribution >= 0.6 is 71.0 Å². The summed E-state index contributed by atoms with van der Waals surface area (Å²) in [5.74, 6) is 0.741. The van der Waals surface area contributed by atoms with E-state index >= 15 is 0 Å². The van der Waals surface area contributed by atoms with Gasteiger partial charge in [0.25, 0.3) is 0 Å². The molecule has 0 aliphatic heterocycles. The predicted octanol–water partition coefficient (Wildman–Crippen LogP) is 6.99. The van der Waals surface area contributed by atoms with Crippen molar-refractivity contribution in [3.8, 4) is 5.75 Å². The minimum absolute atomic E-state index is 0.351. The van der Waals surface area contributed by atoms with Crippen LogP contribution < -0.4 is 4.74 Å². The molecule has 2 rings (SSSR count). The SMILES string of the molecule is Clc1ccc(Cl)c(COc2c(Br)cc(CBr)cc2Br)c1. The van der Waals surface area contributed by atoms with Gasteiger partial charge in [0.2, 0.25) is 0 Å². The minimum atomic E-state index is 0.351. The van der Waals surface area contributed by atoms with Gasteiger partial charge in [0, 0.05) is 20.9 Å². The number of halogens is 5. The van der Waals surface area contributed by atoms with Crippen LogP contribution in [0.1, 0.15) is 11.1 Å². The van der Waals surface area contributed by atoms with E-state index in [-0.39, 0.29) is 0 Å². The fourth-order valence-electron chi connectivity index (χ4n) is 1.63. The first-order chi connectivity index (χ1) is 9.51. The number of hydrogen-bond donors (Lipinski definition) is 0. The smallest absolute Gasteiger partial charge is 0.148 e. The molecular weight excluding hydrogens is 495 g/mol. The Hall–Kier alpha value is 0.260. The Balaban J connectivity index is 2.21. The Labute approximate surface area is 153 Å². The fourth-order valence-corrected chi connectivity index (χ4v) is 3.83. The van der Waals surface area contributed by atoms with Gasteiger partial charge < -0.3 is 4.74 Å². The Kier molecular flexibility index (Phi) is 6.24. The molecule has 0 fully saturated rings. The third-order valence-electron chi connectivity index (χ3n) is 2.59.